The highest BCUT2D eigenvalue weighted by Crippen LogP contribution is 2.22. The summed E-state index contributed by atoms with van der Waals surface area (Å²) in [5.41, 5.74) is 2.07. The number of nitrogens with zero attached hydrogens (tertiary/aromatic N) is 3. The molecule has 0 aliphatic heterocycles. The Kier molecular flexibility index (Phi) is 3.67. The van der Waals surface area contributed by atoms with Crippen molar-refractivity contribution in [1.29, 1.82) is 5.26 Å². The minimum Gasteiger partial charge on any atom is -0.319 e. The van der Waals surface area contributed by atoms with Crippen molar-refractivity contribution in [2.24, 2.45) is 7.05 Å². The first-order chi connectivity index (χ1) is 9.04. The molecule has 0 aliphatic rings. The number of para-hydroxylation sites is 1. The van der Waals surface area contributed by atoms with Crippen LogP contribution in [0.2, 0.25) is 0 Å². The SMILES string of the molecule is Cc1nn(C)c(C(=O)Nc2ccccc2C#N)c1Br. The highest BCUT2D eigenvalue weighted by Gasteiger charge is 2.19. The molecule has 2 rings (SSSR count). The van der Waals surface area contributed by atoms with Crippen molar-refractivity contribution in [1.82, 2.24) is 9.78 Å². The molecular weight excluding hydrogens is 308 g/mol. The molecule has 5 nitrogen and oxygen atoms in total. The second-order valence-corrected chi connectivity index (χ2v) is 4.78. The van der Waals surface area contributed by atoms with Gasteiger partial charge in [0.1, 0.15) is 11.8 Å². The third-order valence-electron chi connectivity index (χ3n) is 2.66. The third kappa shape index (κ3) is 2.51. The molecule has 0 saturated heterocycles. The number of anilines is 1. The quantitative estimate of drug-likeness (QED) is 0.925. The van der Waals surface area contributed by atoms with Crippen molar-refractivity contribution >= 4 is 27.5 Å². The fraction of sp³-hybridized carbons (Fsp3) is 0.154. The molecule has 96 valence electrons. The molecular formula is C13H11BrN4O. The maximum absolute atomic E-state index is 12.2. The first kappa shape index (κ1) is 13.3. The highest BCUT2D eigenvalue weighted by atomic mass is 79.9. The van der Waals surface area contributed by atoms with Crippen molar-refractivity contribution in [2.75, 3.05) is 5.32 Å². The van der Waals surface area contributed by atoms with E-state index in [0.717, 1.165) is 5.69 Å². The van der Waals surface area contributed by atoms with Crippen LogP contribution in [0.4, 0.5) is 5.69 Å². The largest absolute Gasteiger partial charge is 0.319 e. The number of carbonyl (C=O) groups excluding carboxylic acids is 1. The summed E-state index contributed by atoms with van der Waals surface area (Å²) >= 11 is 3.34. The van der Waals surface area contributed by atoms with Crippen molar-refractivity contribution < 1.29 is 4.79 Å². The maximum atomic E-state index is 12.2. The van der Waals surface area contributed by atoms with Crippen LogP contribution in [-0.4, -0.2) is 15.7 Å². The van der Waals surface area contributed by atoms with Gasteiger partial charge in [-0.25, -0.2) is 0 Å². The molecule has 0 atom stereocenters. The lowest BCUT2D eigenvalue weighted by Crippen LogP contribution is -2.17. The van der Waals surface area contributed by atoms with Crippen LogP contribution in [-0.2, 0) is 7.05 Å². The lowest BCUT2D eigenvalue weighted by molar-refractivity contribution is 0.101. The first-order valence-electron chi connectivity index (χ1n) is 5.54. The van der Waals surface area contributed by atoms with Gasteiger partial charge in [-0.05, 0) is 35.0 Å². The van der Waals surface area contributed by atoms with Crippen molar-refractivity contribution in [3.05, 3.63) is 45.7 Å². The number of carbonyl (C=O) groups is 1. The van der Waals surface area contributed by atoms with Crippen LogP contribution in [0.3, 0.4) is 0 Å². The summed E-state index contributed by atoms with van der Waals surface area (Å²) in [6.07, 6.45) is 0. The normalized spacial score (nSPS) is 10.0. The van der Waals surface area contributed by atoms with Gasteiger partial charge in [0, 0.05) is 7.05 Å². The summed E-state index contributed by atoms with van der Waals surface area (Å²) in [6.45, 7) is 1.81. The molecule has 0 radical (unpaired) electrons. The minimum absolute atomic E-state index is 0.308. The van der Waals surface area contributed by atoms with E-state index in [2.05, 4.69) is 26.3 Å². The minimum atomic E-state index is -0.308. The van der Waals surface area contributed by atoms with Gasteiger partial charge in [-0.3, -0.25) is 9.48 Å². The number of hydrogen-bond acceptors (Lipinski definition) is 3. The van der Waals surface area contributed by atoms with Gasteiger partial charge in [0.2, 0.25) is 0 Å². The Morgan fingerprint density at radius 3 is 2.74 bits per heavy atom. The molecule has 1 amide bonds. The summed E-state index contributed by atoms with van der Waals surface area (Å²) in [5.74, 6) is -0.308. The molecule has 0 unspecified atom stereocenters. The molecule has 1 aromatic heterocycles. The summed E-state index contributed by atoms with van der Waals surface area (Å²) in [6, 6.07) is 8.89. The smallest absolute Gasteiger partial charge is 0.275 e. The van der Waals surface area contributed by atoms with Gasteiger partial charge in [0.05, 0.1) is 21.4 Å². The Labute approximate surface area is 119 Å². The molecule has 0 spiro atoms. The van der Waals surface area contributed by atoms with E-state index in [9.17, 15) is 4.79 Å². The van der Waals surface area contributed by atoms with E-state index in [-0.39, 0.29) is 5.91 Å². The van der Waals surface area contributed by atoms with E-state index < -0.39 is 0 Å². The highest BCUT2D eigenvalue weighted by molar-refractivity contribution is 9.10. The van der Waals surface area contributed by atoms with Gasteiger partial charge in [0.25, 0.3) is 5.91 Å². The van der Waals surface area contributed by atoms with E-state index in [4.69, 9.17) is 5.26 Å². The predicted octanol–water partition coefficient (Wildman–Crippen LogP) is 2.62. The second-order valence-electron chi connectivity index (χ2n) is 3.98. The van der Waals surface area contributed by atoms with Gasteiger partial charge in [-0.15, -0.1) is 0 Å². The number of benzene rings is 1. The summed E-state index contributed by atoms with van der Waals surface area (Å²) < 4.78 is 2.16. The number of rotatable bonds is 2. The Morgan fingerprint density at radius 2 is 2.16 bits per heavy atom. The Balaban J connectivity index is 2.34. The molecule has 6 heteroatoms. The van der Waals surface area contributed by atoms with E-state index in [0.29, 0.717) is 21.4 Å². The van der Waals surface area contributed by atoms with Crippen LogP contribution in [0.25, 0.3) is 0 Å². The van der Waals surface area contributed by atoms with Crippen molar-refractivity contribution in [3.63, 3.8) is 0 Å². The Morgan fingerprint density at radius 1 is 1.47 bits per heavy atom. The van der Waals surface area contributed by atoms with Crippen LogP contribution in [0, 0.1) is 18.3 Å². The fourth-order valence-corrected chi connectivity index (χ4v) is 2.27. The number of amides is 1. The molecule has 0 fully saturated rings. The van der Waals surface area contributed by atoms with Crippen LogP contribution in [0.5, 0.6) is 0 Å². The van der Waals surface area contributed by atoms with Crippen LogP contribution >= 0.6 is 15.9 Å². The Bertz CT molecular complexity index is 684. The summed E-state index contributed by atoms with van der Waals surface area (Å²) in [5, 5.41) is 15.9. The van der Waals surface area contributed by atoms with Crippen molar-refractivity contribution in [2.45, 2.75) is 6.92 Å². The zero-order chi connectivity index (χ0) is 14.0. The zero-order valence-corrected chi connectivity index (χ0v) is 12.0. The monoisotopic (exact) mass is 318 g/mol. The van der Waals surface area contributed by atoms with Gasteiger partial charge in [-0.2, -0.15) is 10.4 Å². The molecule has 1 aromatic carbocycles. The van der Waals surface area contributed by atoms with E-state index in [1.54, 1.807) is 31.3 Å². The maximum Gasteiger partial charge on any atom is 0.275 e. The fourth-order valence-electron chi connectivity index (χ4n) is 1.75. The molecule has 0 aliphatic carbocycles. The number of hydrogen-bond donors (Lipinski definition) is 1. The number of aromatic nitrogens is 2. The first-order valence-corrected chi connectivity index (χ1v) is 6.33. The summed E-state index contributed by atoms with van der Waals surface area (Å²) in [4.78, 5) is 12.2. The lowest BCUT2D eigenvalue weighted by Gasteiger charge is -2.07. The number of halogens is 1. The second kappa shape index (κ2) is 5.24. The topological polar surface area (TPSA) is 70.7 Å². The molecule has 19 heavy (non-hydrogen) atoms. The average molecular weight is 319 g/mol. The van der Waals surface area contributed by atoms with Crippen molar-refractivity contribution in [3.8, 4) is 6.07 Å². The van der Waals surface area contributed by atoms with Gasteiger partial charge >= 0.3 is 0 Å². The molecule has 2 aromatic rings. The lowest BCUT2D eigenvalue weighted by atomic mass is 10.2. The molecule has 1 heterocycles. The molecule has 1 N–H and O–H groups in total. The molecule has 0 bridgehead atoms. The van der Waals surface area contributed by atoms with Crippen LogP contribution < -0.4 is 5.32 Å². The van der Waals surface area contributed by atoms with E-state index >= 15 is 0 Å². The third-order valence-corrected chi connectivity index (χ3v) is 3.61. The van der Waals surface area contributed by atoms with E-state index in [1.807, 2.05) is 13.0 Å². The zero-order valence-electron chi connectivity index (χ0n) is 10.4. The standard InChI is InChI=1S/C13H11BrN4O/c1-8-11(14)12(18(2)17-8)13(19)16-10-6-4-3-5-9(10)7-15/h3-6H,1-2H3,(H,16,19). The van der Waals surface area contributed by atoms with Crippen LogP contribution in [0.15, 0.2) is 28.7 Å². The number of aryl methyl sites for hydroxylation is 2. The summed E-state index contributed by atoms with van der Waals surface area (Å²) in [7, 11) is 1.70. The van der Waals surface area contributed by atoms with Gasteiger partial charge < -0.3 is 5.32 Å². The Hall–Kier alpha value is -2.13. The van der Waals surface area contributed by atoms with Gasteiger partial charge in [0.15, 0.2) is 0 Å². The number of nitriles is 1. The molecule has 0 saturated carbocycles. The van der Waals surface area contributed by atoms with E-state index in [1.165, 1.54) is 4.68 Å². The number of nitrogens with one attached hydrogen (secondary N) is 1. The predicted molar refractivity (Wildman–Crippen MR) is 74.8 cm³/mol. The average Bonchev–Trinajstić information content (AvgIpc) is 2.64. The van der Waals surface area contributed by atoms with Gasteiger partial charge in [-0.1, -0.05) is 12.1 Å². The van der Waals surface area contributed by atoms with Crippen LogP contribution in [0.1, 0.15) is 21.7 Å².